The van der Waals surface area contributed by atoms with E-state index in [2.05, 4.69) is 10.0 Å². The molecule has 156 valence electrons. The lowest BCUT2D eigenvalue weighted by Gasteiger charge is -2.29. The van der Waals surface area contributed by atoms with Crippen LogP contribution in [0, 0.1) is 24.5 Å². The molecular formula is C20H22F2N2O4S. The summed E-state index contributed by atoms with van der Waals surface area (Å²) in [5, 5.41) is 2.35. The van der Waals surface area contributed by atoms with Crippen LogP contribution in [0.15, 0.2) is 41.3 Å². The molecule has 2 aromatic carbocycles. The second kappa shape index (κ2) is 8.56. The molecule has 3 rings (SSSR count). The first kappa shape index (κ1) is 21.4. The van der Waals surface area contributed by atoms with Gasteiger partial charge in [-0.25, -0.2) is 21.9 Å². The van der Waals surface area contributed by atoms with E-state index in [1.807, 2.05) is 6.92 Å². The highest BCUT2D eigenvalue weighted by Gasteiger charge is 2.27. The van der Waals surface area contributed by atoms with E-state index < -0.39 is 27.6 Å². The topological polar surface area (TPSA) is 84.5 Å². The van der Waals surface area contributed by atoms with Gasteiger partial charge in [-0.05, 0) is 49.1 Å². The van der Waals surface area contributed by atoms with Gasteiger partial charge in [0, 0.05) is 24.3 Å². The van der Waals surface area contributed by atoms with Crippen molar-refractivity contribution in [2.45, 2.75) is 31.2 Å². The summed E-state index contributed by atoms with van der Waals surface area (Å²) in [6.07, 6.45) is 0.559. The number of halogens is 2. The number of aryl methyl sites for hydroxylation is 1. The van der Waals surface area contributed by atoms with Crippen LogP contribution in [0.3, 0.4) is 0 Å². The molecule has 1 saturated heterocycles. The van der Waals surface area contributed by atoms with E-state index in [0.717, 1.165) is 0 Å². The fraction of sp³-hybridized carbons (Fsp3) is 0.350. The molecule has 2 aromatic rings. The van der Waals surface area contributed by atoms with E-state index in [0.29, 0.717) is 25.7 Å². The first-order valence-electron chi connectivity index (χ1n) is 9.14. The standard InChI is InChI=1S/C20H22F2N2O4S/c1-12-8-19(17(22)10-16(12)21)23-20(25)14-4-3-5-15(9-14)29(26,27)24-18-6-7-28-11-13(18)2/h3-5,8-10,13,18,24H,6-7,11H2,1-2H3,(H,23,25). The Labute approximate surface area is 168 Å². The molecule has 1 amide bonds. The lowest BCUT2D eigenvalue weighted by Crippen LogP contribution is -2.44. The fourth-order valence-electron chi connectivity index (χ4n) is 3.07. The van der Waals surface area contributed by atoms with Gasteiger partial charge in [-0.15, -0.1) is 0 Å². The zero-order valence-electron chi connectivity index (χ0n) is 16.0. The number of hydrogen-bond acceptors (Lipinski definition) is 4. The van der Waals surface area contributed by atoms with E-state index in [4.69, 9.17) is 4.74 Å². The molecule has 0 spiro atoms. The number of ether oxygens (including phenoxy) is 1. The van der Waals surface area contributed by atoms with Crippen LogP contribution in [0.25, 0.3) is 0 Å². The lowest BCUT2D eigenvalue weighted by molar-refractivity contribution is 0.0450. The van der Waals surface area contributed by atoms with Gasteiger partial charge in [-0.1, -0.05) is 13.0 Å². The van der Waals surface area contributed by atoms with E-state index in [9.17, 15) is 22.0 Å². The normalized spacial score (nSPS) is 19.7. The highest BCUT2D eigenvalue weighted by atomic mass is 32.2. The number of rotatable bonds is 5. The van der Waals surface area contributed by atoms with Gasteiger partial charge < -0.3 is 10.1 Å². The molecular weight excluding hydrogens is 402 g/mol. The molecule has 0 aliphatic carbocycles. The molecule has 0 bridgehead atoms. The summed E-state index contributed by atoms with van der Waals surface area (Å²) in [5.41, 5.74) is 0.0263. The van der Waals surface area contributed by atoms with Gasteiger partial charge in [0.1, 0.15) is 11.6 Å². The fourth-order valence-corrected chi connectivity index (χ4v) is 4.50. The summed E-state index contributed by atoms with van der Waals surface area (Å²) in [4.78, 5) is 12.4. The second-order valence-electron chi connectivity index (χ2n) is 7.13. The minimum Gasteiger partial charge on any atom is -0.381 e. The van der Waals surface area contributed by atoms with E-state index >= 15 is 0 Å². The monoisotopic (exact) mass is 424 g/mol. The number of anilines is 1. The first-order valence-corrected chi connectivity index (χ1v) is 10.6. The number of carbonyl (C=O) groups is 1. The third-order valence-corrected chi connectivity index (χ3v) is 6.34. The van der Waals surface area contributed by atoms with Gasteiger partial charge in [0.2, 0.25) is 10.0 Å². The molecule has 29 heavy (non-hydrogen) atoms. The smallest absolute Gasteiger partial charge is 0.255 e. The average molecular weight is 424 g/mol. The molecule has 0 radical (unpaired) electrons. The molecule has 1 heterocycles. The highest BCUT2D eigenvalue weighted by molar-refractivity contribution is 7.89. The van der Waals surface area contributed by atoms with Crippen LogP contribution in [0.5, 0.6) is 0 Å². The van der Waals surface area contributed by atoms with Crippen LogP contribution >= 0.6 is 0 Å². The summed E-state index contributed by atoms with van der Waals surface area (Å²) >= 11 is 0. The Balaban J connectivity index is 1.79. The van der Waals surface area contributed by atoms with Crippen molar-refractivity contribution in [2.75, 3.05) is 18.5 Å². The summed E-state index contributed by atoms with van der Waals surface area (Å²) in [6, 6.07) is 7.05. The zero-order valence-corrected chi connectivity index (χ0v) is 16.9. The van der Waals surface area contributed by atoms with Crippen LogP contribution in [-0.4, -0.2) is 33.6 Å². The van der Waals surface area contributed by atoms with Crippen molar-refractivity contribution in [3.8, 4) is 0 Å². The largest absolute Gasteiger partial charge is 0.381 e. The van der Waals surface area contributed by atoms with Crippen LogP contribution in [0.4, 0.5) is 14.5 Å². The van der Waals surface area contributed by atoms with Gasteiger partial charge in [0.15, 0.2) is 0 Å². The SMILES string of the molecule is Cc1cc(NC(=O)c2cccc(S(=O)(=O)NC3CCOCC3C)c2)c(F)cc1F. The van der Waals surface area contributed by atoms with Crippen LogP contribution in [0.2, 0.25) is 0 Å². The molecule has 0 saturated carbocycles. The number of benzene rings is 2. The molecule has 2 atom stereocenters. The van der Waals surface area contributed by atoms with Crippen molar-refractivity contribution in [3.63, 3.8) is 0 Å². The van der Waals surface area contributed by atoms with Crippen molar-refractivity contribution < 1.29 is 26.7 Å². The first-order chi connectivity index (χ1) is 13.7. The minimum atomic E-state index is -3.85. The van der Waals surface area contributed by atoms with Gasteiger partial charge in [-0.3, -0.25) is 4.79 Å². The van der Waals surface area contributed by atoms with Crippen LogP contribution in [-0.2, 0) is 14.8 Å². The van der Waals surface area contributed by atoms with Gasteiger partial charge in [0.05, 0.1) is 17.2 Å². The maximum Gasteiger partial charge on any atom is 0.255 e. The van der Waals surface area contributed by atoms with Crippen molar-refractivity contribution in [2.24, 2.45) is 5.92 Å². The average Bonchev–Trinajstić information content (AvgIpc) is 2.68. The lowest BCUT2D eigenvalue weighted by atomic mass is 9.99. The third-order valence-electron chi connectivity index (χ3n) is 4.85. The van der Waals surface area contributed by atoms with Crippen molar-refractivity contribution in [1.82, 2.24) is 4.72 Å². The van der Waals surface area contributed by atoms with Gasteiger partial charge in [0.25, 0.3) is 5.91 Å². The molecule has 0 aromatic heterocycles. The summed E-state index contributed by atoms with van der Waals surface area (Å²) in [5.74, 6) is -2.32. The zero-order chi connectivity index (χ0) is 21.2. The molecule has 2 unspecified atom stereocenters. The second-order valence-corrected chi connectivity index (χ2v) is 8.85. The quantitative estimate of drug-likeness (QED) is 0.772. The number of nitrogens with one attached hydrogen (secondary N) is 2. The summed E-state index contributed by atoms with van der Waals surface area (Å²) in [6.45, 7) is 4.29. The molecule has 1 aliphatic rings. The Morgan fingerprint density at radius 1 is 1.17 bits per heavy atom. The van der Waals surface area contributed by atoms with Gasteiger partial charge >= 0.3 is 0 Å². The van der Waals surface area contributed by atoms with E-state index in [1.165, 1.54) is 37.3 Å². The predicted octanol–water partition coefficient (Wildman–Crippen LogP) is 3.23. The van der Waals surface area contributed by atoms with E-state index in [1.54, 1.807) is 0 Å². The third kappa shape index (κ3) is 4.98. The Bertz CT molecular complexity index is 1030. The number of amides is 1. The molecule has 9 heteroatoms. The van der Waals surface area contributed by atoms with Crippen LogP contribution < -0.4 is 10.0 Å². The Morgan fingerprint density at radius 2 is 1.93 bits per heavy atom. The number of sulfonamides is 1. The highest BCUT2D eigenvalue weighted by Crippen LogP contribution is 2.21. The number of hydrogen-bond donors (Lipinski definition) is 2. The molecule has 2 N–H and O–H groups in total. The van der Waals surface area contributed by atoms with Gasteiger partial charge in [-0.2, -0.15) is 0 Å². The number of carbonyl (C=O) groups excluding carboxylic acids is 1. The molecule has 6 nitrogen and oxygen atoms in total. The van der Waals surface area contributed by atoms with Crippen molar-refractivity contribution in [1.29, 1.82) is 0 Å². The summed E-state index contributed by atoms with van der Waals surface area (Å²) in [7, 11) is -3.85. The maximum atomic E-state index is 13.9. The predicted molar refractivity (Wildman–Crippen MR) is 104 cm³/mol. The summed E-state index contributed by atoms with van der Waals surface area (Å²) < 4.78 is 60.7. The maximum absolute atomic E-state index is 13.9. The molecule has 1 fully saturated rings. The molecule has 1 aliphatic heterocycles. The van der Waals surface area contributed by atoms with E-state index in [-0.39, 0.29) is 33.7 Å². The van der Waals surface area contributed by atoms with Crippen LogP contribution in [0.1, 0.15) is 29.3 Å². The van der Waals surface area contributed by atoms with Crippen molar-refractivity contribution in [3.05, 3.63) is 59.2 Å². The Morgan fingerprint density at radius 3 is 2.66 bits per heavy atom. The Kier molecular flexibility index (Phi) is 6.30. The minimum absolute atomic E-state index is 0.0229. The Hall–Kier alpha value is -2.36. The van der Waals surface area contributed by atoms with Crippen molar-refractivity contribution >= 4 is 21.6 Å².